The number of hydrogen-bond donors (Lipinski definition) is 0. The van der Waals surface area contributed by atoms with Gasteiger partial charge in [-0.3, -0.25) is 14.2 Å². The Balaban J connectivity index is 1.79. The van der Waals surface area contributed by atoms with Gasteiger partial charge in [-0.2, -0.15) is 0 Å². The zero-order valence-electron chi connectivity index (χ0n) is 15.4. The highest BCUT2D eigenvalue weighted by Gasteiger charge is 2.16. The van der Waals surface area contributed by atoms with Crippen LogP contribution in [0.3, 0.4) is 0 Å². The molecule has 28 heavy (non-hydrogen) atoms. The molecular formula is C19H19Cl2N3O2S2. The molecule has 0 N–H and O–H groups in total. The van der Waals surface area contributed by atoms with Gasteiger partial charge in [0.1, 0.15) is 0 Å². The number of carbonyl (C=O) groups is 1. The third kappa shape index (κ3) is 4.89. The smallest absolute Gasteiger partial charge is 0.262 e. The number of hydrogen-bond acceptors (Lipinski definition) is 5. The van der Waals surface area contributed by atoms with E-state index in [1.54, 1.807) is 34.7 Å². The lowest BCUT2D eigenvalue weighted by Gasteiger charge is -2.17. The molecule has 9 heteroatoms. The average Bonchev–Trinajstić information content (AvgIpc) is 3.06. The van der Waals surface area contributed by atoms with E-state index in [1.165, 1.54) is 23.1 Å². The van der Waals surface area contributed by atoms with Crippen LogP contribution in [0.25, 0.3) is 10.9 Å². The Morgan fingerprint density at radius 1 is 1.29 bits per heavy atom. The van der Waals surface area contributed by atoms with Gasteiger partial charge < -0.3 is 4.90 Å². The molecule has 0 aliphatic carbocycles. The summed E-state index contributed by atoms with van der Waals surface area (Å²) < 4.78 is 2.33. The topological polar surface area (TPSA) is 55.2 Å². The van der Waals surface area contributed by atoms with Crippen LogP contribution in [0.5, 0.6) is 0 Å². The Labute approximate surface area is 181 Å². The largest absolute Gasteiger partial charge is 0.340 e. The molecule has 0 bridgehead atoms. The number of thiophene rings is 1. The zero-order chi connectivity index (χ0) is 20.3. The second-order valence-corrected chi connectivity index (χ2v) is 9.44. The van der Waals surface area contributed by atoms with Crippen molar-refractivity contribution >= 4 is 63.1 Å². The number of amides is 1. The monoisotopic (exact) mass is 455 g/mol. The number of nitrogens with zero attached hydrogens (tertiary/aromatic N) is 3. The van der Waals surface area contributed by atoms with E-state index in [-0.39, 0.29) is 17.2 Å². The van der Waals surface area contributed by atoms with E-state index in [4.69, 9.17) is 23.2 Å². The van der Waals surface area contributed by atoms with Crippen LogP contribution >= 0.6 is 46.3 Å². The fourth-order valence-electron chi connectivity index (χ4n) is 2.70. The van der Waals surface area contributed by atoms with Crippen molar-refractivity contribution in [3.8, 4) is 0 Å². The zero-order valence-corrected chi connectivity index (χ0v) is 18.6. The molecule has 0 radical (unpaired) electrons. The Hall–Kier alpha value is -1.54. The molecular weight excluding hydrogens is 437 g/mol. The number of benzene rings is 1. The van der Waals surface area contributed by atoms with Crippen molar-refractivity contribution in [1.29, 1.82) is 0 Å². The Morgan fingerprint density at radius 2 is 2.07 bits per heavy atom. The maximum absolute atomic E-state index is 12.8. The molecule has 0 fully saturated rings. The maximum atomic E-state index is 12.8. The molecule has 2 heterocycles. The van der Waals surface area contributed by atoms with Crippen LogP contribution in [0.2, 0.25) is 9.36 Å². The van der Waals surface area contributed by atoms with Gasteiger partial charge in [-0.1, -0.05) is 41.9 Å². The van der Waals surface area contributed by atoms with Gasteiger partial charge in [0.2, 0.25) is 5.91 Å². The summed E-state index contributed by atoms with van der Waals surface area (Å²) in [7, 11) is 1.75. The van der Waals surface area contributed by atoms with E-state index in [0.29, 0.717) is 38.5 Å². The SMILES string of the molecule is CCCn1c(SCC(=O)N(C)Cc2ccc(Cl)s2)nc2cc(Cl)ccc2c1=O. The first-order chi connectivity index (χ1) is 13.4. The summed E-state index contributed by atoms with van der Waals surface area (Å²) in [6.07, 6.45) is 0.793. The molecule has 0 unspecified atom stereocenters. The summed E-state index contributed by atoms with van der Waals surface area (Å²) in [6.45, 7) is 3.04. The maximum Gasteiger partial charge on any atom is 0.262 e. The Kier molecular flexibility index (Phi) is 7.04. The van der Waals surface area contributed by atoms with E-state index < -0.39 is 0 Å². The highest BCUT2D eigenvalue weighted by molar-refractivity contribution is 7.99. The lowest BCUT2D eigenvalue weighted by Crippen LogP contribution is -2.28. The van der Waals surface area contributed by atoms with Gasteiger partial charge in [0.25, 0.3) is 5.56 Å². The predicted molar refractivity (Wildman–Crippen MR) is 118 cm³/mol. The number of carbonyl (C=O) groups excluding carboxylic acids is 1. The fraction of sp³-hybridized carbons (Fsp3) is 0.316. The first kappa shape index (κ1) is 21.2. The van der Waals surface area contributed by atoms with Crippen molar-refractivity contribution < 1.29 is 4.79 Å². The third-order valence-corrected chi connectivity index (χ3v) is 6.51. The van der Waals surface area contributed by atoms with Crippen LogP contribution in [-0.4, -0.2) is 33.2 Å². The second-order valence-electron chi connectivity index (χ2n) is 6.26. The number of fused-ring (bicyclic) bond motifs is 1. The standard InChI is InChI=1S/C19H19Cl2N3O2S2/c1-3-8-24-18(26)14-6-4-12(20)9-15(14)22-19(24)27-11-17(25)23(2)10-13-5-7-16(21)28-13/h4-7,9H,3,8,10-11H2,1-2H3. The van der Waals surface area contributed by atoms with E-state index in [2.05, 4.69) is 4.98 Å². The molecule has 5 nitrogen and oxygen atoms in total. The van der Waals surface area contributed by atoms with Gasteiger partial charge in [-0.25, -0.2) is 4.98 Å². The van der Waals surface area contributed by atoms with Crippen molar-refractivity contribution in [3.05, 3.63) is 54.9 Å². The molecule has 3 rings (SSSR count). The molecule has 2 aromatic heterocycles. The summed E-state index contributed by atoms with van der Waals surface area (Å²) in [5.41, 5.74) is 0.432. The Bertz CT molecular complexity index is 1070. The summed E-state index contributed by atoms with van der Waals surface area (Å²) >= 11 is 14.7. The van der Waals surface area contributed by atoms with E-state index in [1.807, 2.05) is 19.1 Å². The van der Waals surface area contributed by atoms with Crippen LogP contribution in [-0.2, 0) is 17.9 Å². The minimum Gasteiger partial charge on any atom is -0.340 e. The van der Waals surface area contributed by atoms with Gasteiger partial charge in [0, 0.05) is 23.5 Å². The minimum absolute atomic E-state index is 0.0435. The highest BCUT2D eigenvalue weighted by Crippen LogP contribution is 2.24. The van der Waals surface area contributed by atoms with Crippen LogP contribution < -0.4 is 5.56 Å². The summed E-state index contributed by atoms with van der Waals surface area (Å²) in [6, 6.07) is 8.79. The number of halogens is 2. The Morgan fingerprint density at radius 3 is 2.75 bits per heavy atom. The molecule has 148 valence electrons. The van der Waals surface area contributed by atoms with Gasteiger partial charge in [-0.05, 0) is 36.8 Å². The van der Waals surface area contributed by atoms with Crippen LogP contribution in [0.1, 0.15) is 18.2 Å². The number of rotatable bonds is 7. The lowest BCUT2D eigenvalue weighted by molar-refractivity contribution is -0.127. The van der Waals surface area contributed by atoms with Crippen molar-refractivity contribution in [2.24, 2.45) is 0 Å². The molecule has 0 saturated heterocycles. The van der Waals surface area contributed by atoms with Gasteiger partial charge in [0.15, 0.2) is 5.16 Å². The molecule has 0 saturated carbocycles. The lowest BCUT2D eigenvalue weighted by atomic mass is 10.2. The minimum atomic E-state index is -0.111. The van der Waals surface area contributed by atoms with E-state index in [9.17, 15) is 9.59 Å². The van der Waals surface area contributed by atoms with Crippen LogP contribution in [0, 0.1) is 0 Å². The van der Waals surface area contributed by atoms with E-state index >= 15 is 0 Å². The van der Waals surface area contributed by atoms with Crippen molar-refractivity contribution in [2.75, 3.05) is 12.8 Å². The quantitative estimate of drug-likeness (QED) is 0.374. The molecule has 1 amide bonds. The molecule has 0 atom stereocenters. The number of aromatic nitrogens is 2. The first-order valence-electron chi connectivity index (χ1n) is 8.70. The van der Waals surface area contributed by atoms with Gasteiger partial charge in [0.05, 0.1) is 27.5 Å². The predicted octanol–water partition coefficient (Wildman–Crippen LogP) is 4.93. The number of thioether (sulfide) groups is 1. The molecule has 0 aliphatic rings. The molecule has 1 aromatic carbocycles. The first-order valence-corrected chi connectivity index (χ1v) is 11.3. The molecule has 3 aromatic rings. The molecule has 0 spiro atoms. The van der Waals surface area contributed by atoms with Gasteiger partial charge in [-0.15, -0.1) is 11.3 Å². The highest BCUT2D eigenvalue weighted by atomic mass is 35.5. The van der Waals surface area contributed by atoms with Crippen LogP contribution in [0.15, 0.2) is 40.3 Å². The third-order valence-electron chi connectivity index (χ3n) is 4.10. The molecule has 0 aliphatic heterocycles. The summed E-state index contributed by atoms with van der Waals surface area (Å²) in [5.74, 6) is 0.149. The van der Waals surface area contributed by atoms with Crippen molar-refractivity contribution in [1.82, 2.24) is 14.5 Å². The van der Waals surface area contributed by atoms with Gasteiger partial charge >= 0.3 is 0 Å². The summed E-state index contributed by atoms with van der Waals surface area (Å²) in [4.78, 5) is 32.6. The summed E-state index contributed by atoms with van der Waals surface area (Å²) in [5, 5.41) is 1.58. The van der Waals surface area contributed by atoms with E-state index in [0.717, 1.165) is 11.3 Å². The second kappa shape index (κ2) is 9.31. The van der Waals surface area contributed by atoms with Crippen molar-refractivity contribution in [2.45, 2.75) is 31.6 Å². The normalized spacial score (nSPS) is 11.1. The fourth-order valence-corrected chi connectivity index (χ4v) is 4.97. The average molecular weight is 456 g/mol. The van der Waals surface area contributed by atoms with Crippen molar-refractivity contribution in [3.63, 3.8) is 0 Å². The van der Waals surface area contributed by atoms with Crippen LogP contribution in [0.4, 0.5) is 0 Å².